The van der Waals surface area contributed by atoms with Gasteiger partial charge in [-0.05, 0) is 65.1 Å². The summed E-state index contributed by atoms with van der Waals surface area (Å²) in [5.41, 5.74) is 0.535. The van der Waals surface area contributed by atoms with Crippen LogP contribution in [0.15, 0.2) is 12.1 Å². The summed E-state index contributed by atoms with van der Waals surface area (Å²) in [7, 11) is -0.633. The largest absolute Gasteiger partial charge is 0.495 e. The highest BCUT2D eigenvalue weighted by Gasteiger charge is 2.52. The molecule has 0 spiro atoms. The van der Waals surface area contributed by atoms with Gasteiger partial charge in [-0.25, -0.2) is 4.39 Å². The highest BCUT2D eigenvalue weighted by atomic mass is 19.1. The first-order valence-electron chi connectivity index (χ1n) is 9.07. The molecule has 0 radical (unpaired) electrons. The molecule has 2 fully saturated rings. The third-order valence-electron chi connectivity index (χ3n) is 5.80. The maximum Gasteiger partial charge on any atom is 0.495 e. The topological polar surface area (TPSA) is 47.6 Å². The Kier molecular flexibility index (Phi) is 4.71. The molecule has 0 unspecified atom stereocenters. The van der Waals surface area contributed by atoms with Crippen LogP contribution >= 0.6 is 0 Å². The highest BCUT2D eigenvalue weighted by molar-refractivity contribution is 6.62. The average molecular weight is 347 g/mol. The van der Waals surface area contributed by atoms with Gasteiger partial charge in [0.05, 0.1) is 16.8 Å². The Balaban J connectivity index is 1.82. The van der Waals surface area contributed by atoms with Crippen molar-refractivity contribution in [1.82, 2.24) is 5.32 Å². The van der Waals surface area contributed by atoms with Crippen LogP contribution < -0.4 is 10.8 Å². The Bertz CT molecular complexity index is 667. The molecular weight excluding hydrogens is 320 g/mol. The Morgan fingerprint density at radius 2 is 1.72 bits per heavy atom. The van der Waals surface area contributed by atoms with Crippen LogP contribution in [0.5, 0.6) is 0 Å². The van der Waals surface area contributed by atoms with E-state index in [0.717, 1.165) is 31.2 Å². The van der Waals surface area contributed by atoms with E-state index in [4.69, 9.17) is 9.31 Å². The first-order valence-corrected chi connectivity index (χ1v) is 9.07. The van der Waals surface area contributed by atoms with Crippen molar-refractivity contribution in [2.75, 3.05) is 0 Å². The first-order chi connectivity index (χ1) is 11.6. The van der Waals surface area contributed by atoms with E-state index in [0.29, 0.717) is 5.46 Å². The van der Waals surface area contributed by atoms with E-state index in [9.17, 15) is 9.18 Å². The maximum atomic E-state index is 14.6. The standard InChI is InChI=1S/C19H27BFNO3/c1-12-10-14(17(23)22-13-8-6-7-9-13)16(21)11-15(12)20-24-18(2,3)19(4,5)25-20/h10-11,13H,6-9H2,1-5H3,(H,22,23). The van der Waals surface area contributed by atoms with Crippen molar-refractivity contribution in [2.24, 2.45) is 0 Å². The number of hydrogen-bond donors (Lipinski definition) is 1. The van der Waals surface area contributed by atoms with E-state index in [2.05, 4.69) is 5.32 Å². The molecule has 1 saturated heterocycles. The molecule has 6 heteroatoms. The van der Waals surface area contributed by atoms with Crippen molar-refractivity contribution in [3.8, 4) is 0 Å². The van der Waals surface area contributed by atoms with Gasteiger partial charge in [-0.15, -0.1) is 0 Å². The predicted octanol–water partition coefficient (Wildman–Crippen LogP) is 3.11. The quantitative estimate of drug-likeness (QED) is 0.855. The summed E-state index contributed by atoms with van der Waals surface area (Å²) < 4.78 is 26.6. The third-order valence-corrected chi connectivity index (χ3v) is 5.80. The van der Waals surface area contributed by atoms with Crippen molar-refractivity contribution in [3.63, 3.8) is 0 Å². The Hall–Kier alpha value is -1.40. The molecule has 1 amide bonds. The summed E-state index contributed by atoms with van der Waals surface area (Å²) in [4.78, 5) is 12.4. The molecule has 3 rings (SSSR count). The summed E-state index contributed by atoms with van der Waals surface area (Å²) in [6.07, 6.45) is 4.18. The van der Waals surface area contributed by atoms with E-state index < -0.39 is 24.1 Å². The molecule has 0 bridgehead atoms. The van der Waals surface area contributed by atoms with E-state index >= 15 is 0 Å². The second-order valence-electron chi connectivity index (χ2n) is 8.23. The fourth-order valence-electron chi connectivity index (χ4n) is 3.43. The van der Waals surface area contributed by atoms with E-state index in [1.165, 1.54) is 6.07 Å². The predicted molar refractivity (Wildman–Crippen MR) is 96.6 cm³/mol. The van der Waals surface area contributed by atoms with E-state index in [1.807, 2.05) is 34.6 Å². The summed E-state index contributed by atoms with van der Waals surface area (Å²) in [6.45, 7) is 9.70. The number of aryl methyl sites for hydroxylation is 1. The van der Waals surface area contributed by atoms with Crippen LogP contribution in [-0.4, -0.2) is 30.3 Å². The summed E-state index contributed by atoms with van der Waals surface area (Å²) in [6, 6.07) is 3.14. The smallest absolute Gasteiger partial charge is 0.399 e. The van der Waals surface area contributed by atoms with E-state index in [1.54, 1.807) is 6.07 Å². The van der Waals surface area contributed by atoms with Gasteiger partial charge < -0.3 is 14.6 Å². The molecule has 1 aliphatic heterocycles. The molecular formula is C19H27BFNO3. The molecule has 1 aliphatic carbocycles. The van der Waals surface area contributed by atoms with Gasteiger partial charge in [-0.1, -0.05) is 18.4 Å². The third kappa shape index (κ3) is 3.47. The summed E-state index contributed by atoms with van der Waals surface area (Å²) in [5, 5.41) is 2.94. The average Bonchev–Trinajstić information content (AvgIpc) is 3.07. The SMILES string of the molecule is Cc1cc(C(=O)NC2CCCC2)c(F)cc1B1OC(C)(C)C(C)(C)O1. The number of carbonyl (C=O) groups is 1. The second-order valence-corrected chi connectivity index (χ2v) is 8.23. The van der Waals surface area contributed by atoms with Crippen LogP contribution in [0.4, 0.5) is 4.39 Å². The normalized spacial score (nSPS) is 22.4. The zero-order valence-electron chi connectivity index (χ0n) is 15.7. The highest BCUT2D eigenvalue weighted by Crippen LogP contribution is 2.36. The summed E-state index contributed by atoms with van der Waals surface area (Å²) >= 11 is 0. The van der Waals surface area contributed by atoms with Crippen molar-refractivity contribution in [2.45, 2.75) is 77.5 Å². The molecule has 4 nitrogen and oxygen atoms in total. The molecule has 1 aromatic carbocycles. The van der Waals surface area contributed by atoms with Gasteiger partial charge in [0.1, 0.15) is 5.82 Å². The first kappa shape index (κ1) is 18.4. The molecule has 1 aromatic rings. The Labute approximate surface area is 149 Å². The van der Waals surface area contributed by atoms with Crippen molar-refractivity contribution >= 4 is 18.5 Å². The zero-order chi connectivity index (χ0) is 18.4. The summed E-state index contributed by atoms with van der Waals surface area (Å²) in [5.74, 6) is -0.876. The van der Waals surface area contributed by atoms with Gasteiger partial charge in [0.15, 0.2) is 0 Å². The lowest BCUT2D eigenvalue weighted by Gasteiger charge is -2.32. The van der Waals surface area contributed by atoms with E-state index in [-0.39, 0.29) is 17.5 Å². The maximum absolute atomic E-state index is 14.6. The molecule has 0 aromatic heterocycles. The lowest BCUT2D eigenvalue weighted by Crippen LogP contribution is -2.41. The lowest BCUT2D eigenvalue weighted by molar-refractivity contribution is 0.00578. The second kappa shape index (κ2) is 6.40. The lowest BCUT2D eigenvalue weighted by atomic mass is 9.75. The molecule has 1 heterocycles. The minimum atomic E-state index is -0.633. The Morgan fingerprint density at radius 1 is 1.16 bits per heavy atom. The van der Waals surface area contributed by atoms with Gasteiger partial charge in [-0.2, -0.15) is 0 Å². The van der Waals surface area contributed by atoms with Crippen molar-refractivity contribution < 1.29 is 18.5 Å². The monoisotopic (exact) mass is 347 g/mol. The zero-order valence-corrected chi connectivity index (χ0v) is 15.7. The fraction of sp³-hybridized carbons (Fsp3) is 0.632. The fourth-order valence-corrected chi connectivity index (χ4v) is 3.43. The van der Waals surface area contributed by atoms with Crippen LogP contribution in [-0.2, 0) is 9.31 Å². The molecule has 2 aliphatic rings. The van der Waals surface area contributed by atoms with Gasteiger partial charge in [0.2, 0.25) is 0 Å². The Morgan fingerprint density at radius 3 is 2.28 bits per heavy atom. The van der Waals surface area contributed by atoms with Gasteiger partial charge in [0, 0.05) is 6.04 Å². The van der Waals surface area contributed by atoms with Crippen molar-refractivity contribution in [1.29, 1.82) is 0 Å². The van der Waals surface area contributed by atoms with Crippen LogP contribution in [0.25, 0.3) is 0 Å². The molecule has 1 N–H and O–H groups in total. The molecule has 25 heavy (non-hydrogen) atoms. The minimum absolute atomic E-state index is 0.0877. The minimum Gasteiger partial charge on any atom is -0.399 e. The van der Waals surface area contributed by atoms with Crippen LogP contribution in [0.2, 0.25) is 0 Å². The van der Waals surface area contributed by atoms with Gasteiger partial charge in [-0.3, -0.25) is 4.79 Å². The number of carbonyl (C=O) groups excluding carboxylic acids is 1. The van der Waals surface area contributed by atoms with Gasteiger partial charge >= 0.3 is 7.12 Å². The van der Waals surface area contributed by atoms with Crippen LogP contribution in [0.3, 0.4) is 0 Å². The number of rotatable bonds is 3. The van der Waals surface area contributed by atoms with Gasteiger partial charge in [0.25, 0.3) is 5.91 Å². The molecule has 136 valence electrons. The molecule has 0 atom stereocenters. The molecule has 1 saturated carbocycles. The van der Waals surface area contributed by atoms with Crippen LogP contribution in [0, 0.1) is 12.7 Å². The number of nitrogens with one attached hydrogen (secondary N) is 1. The number of hydrogen-bond acceptors (Lipinski definition) is 3. The number of amides is 1. The van der Waals surface area contributed by atoms with Crippen molar-refractivity contribution in [3.05, 3.63) is 29.1 Å². The van der Waals surface area contributed by atoms with Crippen LogP contribution in [0.1, 0.15) is 69.3 Å². The number of halogens is 1. The number of benzene rings is 1.